The van der Waals surface area contributed by atoms with Gasteiger partial charge in [-0.3, -0.25) is 4.79 Å². The Morgan fingerprint density at radius 3 is 2.60 bits per heavy atom. The van der Waals surface area contributed by atoms with Gasteiger partial charge in [0.05, 0.1) is 12.8 Å². The van der Waals surface area contributed by atoms with Gasteiger partial charge in [-0.2, -0.15) is 0 Å². The number of methoxy groups -OCH3 is 1. The number of rotatable bonds is 5. The molecule has 0 aliphatic carbocycles. The molecule has 0 aromatic heterocycles. The highest BCUT2D eigenvalue weighted by molar-refractivity contribution is 7.80. The summed E-state index contributed by atoms with van der Waals surface area (Å²) in [7, 11) is 1.54. The molecule has 5 nitrogen and oxygen atoms in total. The molecule has 3 N–H and O–H groups in total. The molecule has 20 heavy (non-hydrogen) atoms. The van der Waals surface area contributed by atoms with Crippen molar-refractivity contribution in [2.75, 3.05) is 12.4 Å². The molecule has 110 valence electrons. The average Bonchev–Trinajstić information content (AvgIpc) is 2.37. The lowest BCUT2D eigenvalue weighted by Gasteiger charge is -2.26. The Hall–Kier alpha value is -0.950. The number of halogens is 3. The molecule has 0 unspecified atom stereocenters. The van der Waals surface area contributed by atoms with E-state index < -0.39 is 9.96 Å². The van der Waals surface area contributed by atoms with E-state index in [1.165, 1.54) is 7.11 Å². The Kier molecular flexibility index (Phi) is 6.61. The van der Waals surface area contributed by atoms with E-state index >= 15 is 0 Å². The molecule has 1 amide bonds. The number of benzene rings is 1. The first-order valence-electron chi connectivity index (χ1n) is 5.35. The zero-order valence-electron chi connectivity index (χ0n) is 10.3. The Labute approximate surface area is 136 Å². The van der Waals surface area contributed by atoms with Gasteiger partial charge in [0.25, 0.3) is 0 Å². The molecule has 0 saturated carbocycles. The molecule has 0 aliphatic heterocycles. The van der Waals surface area contributed by atoms with Crippen molar-refractivity contribution in [2.24, 2.45) is 0 Å². The van der Waals surface area contributed by atoms with Crippen molar-refractivity contribution in [2.45, 2.75) is 9.96 Å². The Balaban J connectivity index is 2.73. The van der Waals surface area contributed by atoms with Crippen LogP contribution in [-0.2, 0) is 4.79 Å². The van der Waals surface area contributed by atoms with Gasteiger partial charge in [-0.1, -0.05) is 46.9 Å². The van der Waals surface area contributed by atoms with Gasteiger partial charge in [-0.25, -0.2) is 0 Å². The Morgan fingerprint density at radius 2 is 2.05 bits per heavy atom. The van der Waals surface area contributed by atoms with Crippen LogP contribution in [0.2, 0.25) is 0 Å². The number of amides is 1. The van der Waals surface area contributed by atoms with Crippen molar-refractivity contribution in [3.63, 3.8) is 0 Å². The van der Waals surface area contributed by atoms with Crippen LogP contribution in [0.25, 0.3) is 0 Å². The van der Waals surface area contributed by atoms with E-state index in [0.29, 0.717) is 17.8 Å². The van der Waals surface area contributed by atoms with Crippen molar-refractivity contribution in [1.82, 2.24) is 10.6 Å². The van der Waals surface area contributed by atoms with Gasteiger partial charge in [-0.15, -0.1) is 0 Å². The molecular weight excluding hydrogens is 345 g/mol. The number of hydrogen-bond acceptors (Lipinski definition) is 3. The number of thiocarbonyl (C=S) groups is 1. The van der Waals surface area contributed by atoms with Crippen molar-refractivity contribution >= 4 is 64.2 Å². The second-order valence-corrected chi connectivity index (χ2v) is 6.34. The van der Waals surface area contributed by atoms with Gasteiger partial charge in [0.1, 0.15) is 11.9 Å². The zero-order valence-corrected chi connectivity index (χ0v) is 13.4. The molecule has 0 heterocycles. The fourth-order valence-electron chi connectivity index (χ4n) is 1.32. The summed E-state index contributed by atoms with van der Waals surface area (Å²) in [6, 6.07) is 7.16. The lowest BCUT2D eigenvalue weighted by atomic mass is 10.3. The monoisotopic (exact) mass is 355 g/mol. The quantitative estimate of drug-likeness (QED) is 0.327. The van der Waals surface area contributed by atoms with Crippen molar-refractivity contribution in [3.05, 3.63) is 24.3 Å². The first-order chi connectivity index (χ1) is 9.38. The standard InChI is InChI=1S/C11H12Cl3N3O2S/c1-19-8-5-3-2-4-7(8)16-10(20)17-9(15-6-18)11(12,13)14/h2-6,9H,1H3,(H,15,18)(H2,16,17,20)/t9-/m0/s1. The second kappa shape index (κ2) is 7.73. The number of nitrogens with one attached hydrogen (secondary N) is 3. The summed E-state index contributed by atoms with van der Waals surface area (Å²) in [6.45, 7) is 0. The minimum Gasteiger partial charge on any atom is -0.495 e. The molecule has 0 radical (unpaired) electrons. The third-order valence-corrected chi connectivity index (χ3v) is 3.07. The largest absolute Gasteiger partial charge is 0.495 e. The van der Waals surface area contributed by atoms with E-state index in [4.69, 9.17) is 51.8 Å². The first-order valence-corrected chi connectivity index (χ1v) is 6.89. The summed E-state index contributed by atoms with van der Waals surface area (Å²) in [5.41, 5.74) is 0.640. The maximum Gasteiger partial charge on any atom is 0.228 e. The fourth-order valence-corrected chi connectivity index (χ4v) is 1.90. The molecule has 9 heteroatoms. The molecular formula is C11H12Cl3N3O2S. The zero-order chi connectivity index (χ0) is 15.2. The van der Waals surface area contributed by atoms with Gasteiger partial charge in [-0.05, 0) is 24.4 Å². The maximum absolute atomic E-state index is 10.5. The fraction of sp³-hybridized carbons (Fsp3) is 0.273. The van der Waals surface area contributed by atoms with Crippen molar-refractivity contribution < 1.29 is 9.53 Å². The molecule has 0 saturated heterocycles. The van der Waals surface area contributed by atoms with E-state index in [2.05, 4.69) is 16.0 Å². The molecule has 0 bridgehead atoms. The van der Waals surface area contributed by atoms with Crippen molar-refractivity contribution in [1.29, 1.82) is 0 Å². The van der Waals surface area contributed by atoms with E-state index in [1.54, 1.807) is 12.1 Å². The van der Waals surface area contributed by atoms with Crippen LogP contribution in [0.1, 0.15) is 0 Å². The number of carbonyl (C=O) groups excluding carboxylic acids is 1. The minimum absolute atomic E-state index is 0.167. The van der Waals surface area contributed by atoms with Crippen LogP contribution in [-0.4, -0.2) is 28.6 Å². The Bertz CT molecular complexity index is 482. The summed E-state index contributed by atoms with van der Waals surface area (Å²) in [4.78, 5) is 10.5. The lowest BCUT2D eigenvalue weighted by Crippen LogP contribution is -2.53. The SMILES string of the molecule is COc1ccccc1NC(=S)N[C@H](NC=O)C(Cl)(Cl)Cl. The molecule has 0 spiro atoms. The lowest BCUT2D eigenvalue weighted by molar-refractivity contribution is -0.110. The van der Waals surface area contributed by atoms with Crippen LogP contribution < -0.4 is 20.7 Å². The minimum atomic E-state index is -1.76. The molecule has 1 aromatic rings. The van der Waals surface area contributed by atoms with Crippen molar-refractivity contribution in [3.8, 4) is 5.75 Å². The predicted molar refractivity (Wildman–Crippen MR) is 85.6 cm³/mol. The van der Waals surface area contributed by atoms with Gasteiger partial charge >= 0.3 is 0 Å². The number of hydrogen-bond donors (Lipinski definition) is 3. The molecule has 0 aliphatic rings. The van der Waals surface area contributed by atoms with Gasteiger partial charge in [0.2, 0.25) is 10.2 Å². The van der Waals surface area contributed by atoms with Gasteiger partial charge in [0.15, 0.2) is 5.11 Å². The van der Waals surface area contributed by atoms with Crippen LogP contribution in [0.4, 0.5) is 5.69 Å². The van der Waals surface area contributed by atoms with Crippen LogP contribution in [0.3, 0.4) is 0 Å². The van der Waals surface area contributed by atoms with E-state index in [-0.39, 0.29) is 5.11 Å². The molecule has 1 rings (SSSR count). The third kappa shape index (κ3) is 5.20. The van der Waals surface area contributed by atoms with Crippen LogP contribution in [0.15, 0.2) is 24.3 Å². The highest BCUT2D eigenvalue weighted by atomic mass is 35.6. The Morgan fingerprint density at radius 1 is 1.40 bits per heavy atom. The summed E-state index contributed by atoms with van der Waals surface area (Å²) in [5, 5.41) is 8.06. The highest BCUT2D eigenvalue weighted by Crippen LogP contribution is 2.29. The van der Waals surface area contributed by atoms with Crippen LogP contribution in [0.5, 0.6) is 5.75 Å². The second-order valence-electron chi connectivity index (χ2n) is 3.56. The maximum atomic E-state index is 10.5. The molecule has 0 fully saturated rings. The molecule has 1 atom stereocenters. The summed E-state index contributed by atoms with van der Waals surface area (Å²) < 4.78 is 3.41. The number of alkyl halides is 3. The van der Waals surface area contributed by atoms with Gasteiger partial charge < -0.3 is 20.7 Å². The summed E-state index contributed by atoms with van der Waals surface area (Å²) in [5.74, 6) is 0.602. The molecule has 1 aromatic carbocycles. The van der Waals surface area contributed by atoms with Crippen LogP contribution in [0, 0.1) is 0 Å². The van der Waals surface area contributed by atoms with Crippen LogP contribution >= 0.6 is 47.0 Å². The number of ether oxygens (including phenoxy) is 1. The number of anilines is 1. The first kappa shape index (κ1) is 17.1. The summed E-state index contributed by atoms with van der Waals surface area (Å²) in [6.07, 6.45) is -0.564. The highest BCUT2D eigenvalue weighted by Gasteiger charge is 2.33. The normalized spacial score (nSPS) is 12.2. The summed E-state index contributed by atoms with van der Waals surface area (Å²) >= 11 is 22.2. The third-order valence-electron chi connectivity index (χ3n) is 2.19. The number of carbonyl (C=O) groups is 1. The average molecular weight is 357 g/mol. The predicted octanol–water partition coefficient (Wildman–Crippen LogP) is 2.42. The van der Waals surface area contributed by atoms with E-state index in [9.17, 15) is 4.79 Å². The van der Waals surface area contributed by atoms with E-state index in [0.717, 1.165) is 0 Å². The number of para-hydroxylation sites is 2. The smallest absolute Gasteiger partial charge is 0.228 e. The van der Waals surface area contributed by atoms with E-state index in [1.807, 2.05) is 12.1 Å². The topological polar surface area (TPSA) is 62.4 Å². The van der Waals surface area contributed by atoms with Gasteiger partial charge in [0, 0.05) is 0 Å².